The van der Waals surface area contributed by atoms with Gasteiger partial charge >= 0.3 is 0 Å². The van der Waals surface area contributed by atoms with Crippen LogP contribution >= 0.6 is 0 Å². The Balaban J connectivity index is 1.28. The number of likely N-dealkylation sites (N-methyl/N-ethyl adjacent to an activating group) is 1. The monoisotopic (exact) mass is 649 g/mol. The molecule has 1 aromatic carbocycles. The van der Waals surface area contributed by atoms with Gasteiger partial charge in [0, 0.05) is 37.5 Å². The van der Waals surface area contributed by atoms with Crippen LogP contribution in [0, 0.1) is 11.3 Å². The lowest BCUT2D eigenvalue weighted by Gasteiger charge is -2.41. The number of hydrogen-bond acceptors (Lipinski definition) is 11. The average molecular weight is 650 g/mol. The number of alkyl halides is 2. The number of ether oxygens (including phenoxy) is 3. The molecule has 5 atom stereocenters. The van der Waals surface area contributed by atoms with Gasteiger partial charge in [-0.1, -0.05) is 11.2 Å². The summed E-state index contributed by atoms with van der Waals surface area (Å²) in [6.07, 6.45) is 4.34. The quantitative estimate of drug-likeness (QED) is 0.351. The van der Waals surface area contributed by atoms with Gasteiger partial charge in [0.25, 0.3) is 5.92 Å². The molecule has 1 spiro atoms. The molecule has 11 nitrogen and oxygen atoms in total. The van der Waals surface area contributed by atoms with E-state index < -0.39 is 23.9 Å². The fourth-order valence-electron chi connectivity index (χ4n) is 8.24. The highest BCUT2D eigenvalue weighted by Crippen LogP contribution is 2.53. The van der Waals surface area contributed by atoms with Crippen LogP contribution in [0.4, 0.5) is 14.5 Å². The molecule has 4 heterocycles. The highest BCUT2D eigenvalue weighted by Gasteiger charge is 2.48. The van der Waals surface area contributed by atoms with E-state index in [0.29, 0.717) is 29.1 Å². The van der Waals surface area contributed by atoms with E-state index in [4.69, 9.17) is 29.5 Å². The fraction of sp³-hybridized carbons (Fsp3) is 0.588. The molecule has 0 saturated carbocycles. The topological polar surface area (TPSA) is 145 Å². The first-order chi connectivity index (χ1) is 22.6. The SMILES string of the molecule is CO[C@@H]1C[C@@H]([C@H](C)Oc2cc(O[C@@H]3CNCC(F)(F)C3)nc(-c3noc4c3CCC[C@@]43CCCc4ccc(N)c(C#N)c43)n2)N(C)C1. The van der Waals surface area contributed by atoms with Crippen molar-refractivity contribution in [1.82, 2.24) is 25.3 Å². The Morgan fingerprint density at radius 2 is 1.96 bits per heavy atom. The molecule has 0 amide bonds. The van der Waals surface area contributed by atoms with Crippen molar-refractivity contribution in [3.05, 3.63) is 46.2 Å². The van der Waals surface area contributed by atoms with Gasteiger partial charge in [-0.3, -0.25) is 4.90 Å². The summed E-state index contributed by atoms with van der Waals surface area (Å²) >= 11 is 0. The number of aromatic nitrogens is 3. The second-order valence-electron chi connectivity index (χ2n) is 13.5. The lowest BCUT2D eigenvalue weighted by Crippen LogP contribution is -2.48. The average Bonchev–Trinajstić information content (AvgIpc) is 3.65. The smallest absolute Gasteiger partial charge is 0.263 e. The van der Waals surface area contributed by atoms with Gasteiger partial charge in [0.05, 0.1) is 36.1 Å². The number of nitriles is 1. The summed E-state index contributed by atoms with van der Waals surface area (Å²) < 4.78 is 52.8. The zero-order valence-electron chi connectivity index (χ0n) is 27.0. The van der Waals surface area contributed by atoms with Crippen molar-refractivity contribution in [2.24, 2.45) is 0 Å². The number of fused-ring (bicyclic) bond motifs is 4. The Morgan fingerprint density at radius 1 is 1.17 bits per heavy atom. The molecule has 7 rings (SSSR count). The molecular formula is C34H41F2N7O4. The maximum Gasteiger partial charge on any atom is 0.263 e. The summed E-state index contributed by atoms with van der Waals surface area (Å²) in [7, 11) is 3.74. The molecule has 3 N–H and O–H groups in total. The van der Waals surface area contributed by atoms with Crippen molar-refractivity contribution in [3.8, 4) is 29.3 Å². The minimum absolute atomic E-state index is 0.0803. The Kier molecular flexibility index (Phi) is 8.30. The van der Waals surface area contributed by atoms with Crippen LogP contribution in [-0.4, -0.2) is 84.1 Å². The van der Waals surface area contributed by atoms with Gasteiger partial charge in [-0.2, -0.15) is 15.2 Å². The Hall–Kier alpha value is -3.86. The van der Waals surface area contributed by atoms with E-state index in [1.807, 2.05) is 26.1 Å². The molecule has 0 unspecified atom stereocenters. The van der Waals surface area contributed by atoms with E-state index in [2.05, 4.69) is 26.4 Å². The fourth-order valence-corrected chi connectivity index (χ4v) is 8.24. The first kappa shape index (κ1) is 31.7. The number of nitrogens with one attached hydrogen (secondary N) is 1. The van der Waals surface area contributed by atoms with Crippen LogP contribution in [0.1, 0.15) is 73.5 Å². The van der Waals surface area contributed by atoms with Gasteiger partial charge in [0.15, 0.2) is 17.3 Å². The largest absolute Gasteiger partial charge is 0.473 e. The summed E-state index contributed by atoms with van der Waals surface area (Å²) in [4.78, 5) is 11.7. The van der Waals surface area contributed by atoms with Crippen molar-refractivity contribution in [2.45, 2.75) is 94.0 Å². The second-order valence-corrected chi connectivity index (χ2v) is 13.5. The number of benzene rings is 1. The number of halogens is 2. The third kappa shape index (κ3) is 5.81. The van der Waals surface area contributed by atoms with Gasteiger partial charge < -0.3 is 29.8 Å². The zero-order chi connectivity index (χ0) is 32.9. The number of nitrogens with zero attached hydrogens (tertiary/aromatic N) is 5. The van der Waals surface area contributed by atoms with Crippen LogP contribution in [-0.2, 0) is 23.0 Å². The molecule has 4 aliphatic rings. The predicted molar refractivity (Wildman–Crippen MR) is 169 cm³/mol. The number of nitrogen functional groups attached to an aromatic ring is 1. The minimum atomic E-state index is -2.89. The van der Waals surface area contributed by atoms with Crippen molar-refractivity contribution in [1.29, 1.82) is 5.26 Å². The van der Waals surface area contributed by atoms with Crippen molar-refractivity contribution < 1.29 is 27.5 Å². The Morgan fingerprint density at radius 3 is 2.70 bits per heavy atom. The number of aryl methyl sites for hydroxylation is 1. The van der Waals surface area contributed by atoms with E-state index in [0.717, 1.165) is 61.8 Å². The predicted octanol–water partition coefficient (Wildman–Crippen LogP) is 4.41. The summed E-state index contributed by atoms with van der Waals surface area (Å²) in [6.45, 7) is 2.64. The number of rotatable bonds is 7. The molecule has 2 aliphatic carbocycles. The summed E-state index contributed by atoms with van der Waals surface area (Å²) in [5.74, 6) is -1.56. The van der Waals surface area contributed by atoms with Crippen LogP contribution in [0.25, 0.3) is 11.5 Å². The zero-order valence-corrected chi connectivity index (χ0v) is 27.0. The van der Waals surface area contributed by atoms with E-state index in [1.165, 1.54) is 0 Å². The number of methoxy groups -OCH3 is 1. The van der Waals surface area contributed by atoms with Gasteiger partial charge in [0.1, 0.15) is 18.3 Å². The molecule has 2 saturated heterocycles. The van der Waals surface area contributed by atoms with E-state index in [1.54, 1.807) is 13.2 Å². The Labute approximate surface area is 272 Å². The van der Waals surface area contributed by atoms with Crippen molar-refractivity contribution >= 4 is 5.69 Å². The third-order valence-corrected chi connectivity index (χ3v) is 10.4. The maximum atomic E-state index is 14.3. The number of piperidine rings is 1. The molecule has 3 aromatic rings. The minimum Gasteiger partial charge on any atom is -0.473 e. The van der Waals surface area contributed by atoms with Crippen LogP contribution in [0.2, 0.25) is 0 Å². The number of nitrogens with two attached hydrogens (primary N) is 1. The molecule has 47 heavy (non-hydrogen) atoms. The van der Waals surface area contributed by atoms with Gasteiger partial charge in [0.2, 0.25) is 11.8 Å². The lowest BCUT2D eigenvalue weighted by atomic mass is 9.61. The van der Waals surface area contributed by atoms with Gasteiger partial charge in [-0.25, -0.2) is 8.78 Å². The normalized spacial score (nSPS) is 27.5. The first-order valence-electron chi connectivity index (χ1n) is 16.5. The van der Waals surface area contributed by atoms with E-state index in [-0.39, 0.29) is 48.9 Å². The van der Waals surface area contributed by atoms with E-state index in [9.17, 15) is 14.0 Å². The van der Waals surface area contributed by atoms with Crippen LogP contribution in [0.3, 0.4) is 0 Å². The summed E-state index contributed by atoms with van der Waals surface area (Å²) in [6, 6.07) is 7.83. The van der Waals surface area contributed by atoms with Crippen LogP contribution < -0.4 is 20.5 Å². The molecule has 2 fully saturated rings. The molecule has 0 radical (unpaired) electrons. The first-order valence-corrected chi connectivity index (χ1v) is 16.5. The highest BCUT2D eigenvalue weighted by atomic mass is 19.3. The molecule has 0 bridgehead atoms. The number of likely N-dealkylation sites (tertiary alicyclic amines) is 1. The highest BCUT2D eigenvalue weighted by molar-refractivity contribution is 5.67. The third-order valence-electron chi connectivity index (χ3n) is 10.4. The molecular weight excluding hydrogens is 608 g/mol. The lowest BCUT2D eigenvalue weighted by molar-refractivity contribution is -0.0576. The maximum absolute atomic E-state index is 14.3. The van der Waals surface area contributed by atoms with Crippen molar-refractivity contribution in [2.75, 3.05) is 39.5 Å². The van der Waals surface area contributed by atoms with Gasteiger partial charge in [-0.05, 0) is 76.1 Å². The molecule has 2 aromatic heterocycles. The van der Waals surface area contributed by atoms with Gasteiger partial charge in [-0.15, -0.1) is 0 Å². The molecule has 13 heteroatoms. The number of hydrogen-bond donors (Lipinski definition) is 2. The molecule has 2 aliphatic heterocycles. The van der Waals surface area contributed by atoms with Crippen molar-refractivity contribution in [3.63, 3.8) is 0 Å². The number of anilines is 1. The van der Waals surface area contributed by atoms with E-state index >= 15 is 0 Å². The van der Waals surface area contributed by atoms with Crippen LogP contribution in [0.5, 0.6) is 11.8 Å². The van der Waals surface area contributed by atoms with Crippen LogP contribution in [0.15, 0.2) is 22.7 Å². The standard InChI is InChI=1S/C34H41F2N7O4/c1-19(26-12-21(44-3)17-43(26)2)45-27-13-28(46-22-14-34(35,36)18-39-16-22)41-32(40-27)30-23-7-5-11-33(31(23)47-42-30)10-4-6-20-8-9-25(38)24(15-37)29(20)33/h8-9,13,19,21-22,26,39H,4-7,10-12,14,16-18,38H2,1-3H3/t19-,21+,22-,26-,33+/m0/s1. The summed E-state index contributed by atoms with van der Waals surface area (Å²) in [5.41, 5.74) is 10.1. The summed E-state index contributed by atoms with van der Waals surface area (Å²) in [5, 5.41) is 17.4. The molecule has 250 valence electrons. The Bertz CT molecular complexity index is 1690. The second kappa shape index (κ2) is 12.3.